The van der Waals surface area contributed by atoms with Crippen LogP contribution in [-0.2, 0) is 6.54 Å². The van der Waals surface area contributed by atoms with Gasteiger partial charge in [-0.2, -0.15) is 0 Å². The van der Waals surface area contributed by atoms with E-state index in [1.54, 1.807) is 29.2 Å². The molecule has 0 saturated carbocycles. The van der Waals surface area contributed by atoms with Crippen molar-refractivity contribution in [3.8, 4) is 0 Å². The van der Waals surface area contributed by atoms with Crippen LogP contribution in [0.3, 0.4) is 0 Å². The number of hydrogen-bond donors (Lipinski definition) is 2. The fourth-order valence-electron chi connectivity index (χ4n) is 2.31. The molecule has 1 aliphatic heterocycles. The molecule has 3 rings (SSSR count). The highest BCUT2D eigenvalue weighted by Crippen LogP contribution is 2.36. The van der Waals surface area contributed by atoms with E-state index in [-0.39, 0.29) is 17.9 Å². The maximum absolute atomic E-state index is 13.4. The van der Waals surface area contributed by atoms with Crippen molar-refractivity contribution in [2.24, 2.45) is 0 Å². The molecule has 21 heavy (non-hydrogen) atoms. The number of thiophene rings is 1. The van der Waals surface area contributed by atoms with E-state index in [1.165, 1.54) is 12.1 Å². The molecule has 3 nitrogen and oxygen atoms in total. The van der Waals surface area contributed by atoms with Crippen LogP contribution in [0.4, 0.5) is 9.18 Å². The number of amides is 2. The molecule has 0 bridgehead atoms. The van der Waals surface area contributed by atoms with Crippen molar-refractivity contribution < 1.29 is 9.18 Å². The van der Waals surface area contributed by atoms with Crippen LogP contribution < -0.4 is 10.6 Å². The Bertz CT molecular complexity index is 631. The number of urea groups is 1. The lowest BCUT2D eigenvalue weighted by Crippen LogP contribution is -2.38. The van der Waals surface area contributed by atoms with Gasteiger partial charge in [0.2, 0.25) is 0 Å². The van der Waals surface area contributed by atoms with Gasteiger partial charge in [-0.15, -0.1) is 23.1 Å². The first-order valence-electron chi connectivity index (χ1n) is 6.71. The van der Waals surface area contributed by atoms with Crippen molar-refractivity contribution in [2.75, 3.05) is 5.75 Å². The number of halogens is 1. The van der Waals surface area contributed by atoms with Gasteiger partial charge in [0.05, 0.1) is 12.6 Å². The summed E-state index contributed by atoms with van der Waals surface area (Å²) in [7, 11) is 0. The molecule has 0 fully saturated rings. The van der Waals surface area contributed by atoms with Crippen molar-refractivity contribution in [1.29, 1.82) is 0 Å². The minimum absolute atomic E-state index is 0.125. The monoisotopic (exact) mass is 322 g/mol. The molecule has 2 N–H and O–H groups in total. The predicted molar refractivity (Wildman–Crippen MR) is 84.2 cm³/mol. The van der Waals surface area contributed by atoms with Crippen molar-refractivity contribution in [2.45, 2.75) is 23.9 Å². The van der Waals surface area contributed by atoms with Crippen molar-refractivity contribution in [1.82, 2.24) is 10.6 Å². The highest BCUT2D eigenvalue weighted by atomic mass is 32.2. The van der Waals surface area contributed by atoms with Crippen LogP contribution in [0, 0.1) is 5.82 Å². The largest absolute Gasteiger partial charge is 0.333 e. The Morgan fingerprint density at radius 3 is 3.10 bits per heavy atom. The summed E-state index contributed by atoms with van der Waals surface area (Å²) in [5.74, 6) is 0.663. The molecule has 1 aliphatic rings. The minimum Gasteiger partial charge on any atom is -0.333 e. The Morgan fingerprint density at radius 1 is 1.38 bits per heavy atom. The zero-order valence-corrected chi connectivity index (χ0v) is 12.9. The van der Waals surface area contributed by atoms with Gasteiger partial charge in [0, 0.05) is 15.5 Å². The first kappa shape index (κ1) is 14.4. The molecule has 6 heteroatoms. The number of fused-ring (bicyclic) bond motifs is 1. The van der Waals surface area contributed by atoms with Gasteiger partial charge in [-0.3, -0.25) is 0 Å². The van der Waals surface area contributed by atoms with E-state index in [0.717, 1.165) is 27.5 Å². The summed E-state index contributed by atoms with van der Waals surface area (Å²) in [6.07, 6.45) is 0.813. The molecule has 2 aromatic rings. The highest BCUT2D eigenvalue weighted by molar-refractivity contribution is 7.99. The Morgan fingerprint density at radius 2 is 2.29 bits per heavy atom. The van der Waals surface area contributed by atoms with Crippen LogP contribution >= 0.6 is 23.1 Å². The predicted octanol–water partition coefficient (Wildman–Crippen LogP) is 3.92. The molecule has 1 aromatic heterocycles. The Balaban J connectivity index is 1.63. The van der Waals surface area contributed by atoms with E-state index in [0.29, 0.717) is 6.54 Å². The summed E-state index contributed by atoms with van der Waals surface area (Å²) in [6, 6.07) is 8.36. The van der Waals surface area contributed by atoms with Gasteiger partial charge < -0.3 is 10.6 Å². The normalized spacial score (nSPS) is 17.1. The Hall–Kier alpha value is -1.53. The van der Waals surface area contributed by atoms with Crippen LogP contribution in [0.25, 0.3) is 0 Å². The molecule has 2 amide bonds. The van der Waals surface area contributed by atoms with E-state index >= 15 is 0 Å². The van der Waals surface area contributed by atoms with E-state index in [9.17, 15) is 9.18 Å². The topological polar surface area (TPSA) is 41.1 Å². The third-order valence-electron chi connectivity index (χ3n) is 3.32. The van der Waals surface area contributed by atoms with Crippen LogP contribution in [0.2, 0.25) is 0 Å². The van der Waals surface area contributed by atoms with E-state index in [2.05, 4.69) is 10.6 Å². The van der Waals surface area contributed by atoms with Gasteiger partial charge in [0.15, 0.2) is 0 Å². The number of carbonyl (C=O) groups excluding carboxylic acids is 1. The molecule has 0 spiro atoms. The van der Waals surface area contributed by atoms with Crippen molar-refractivity contribution in [3.05, 3.63) is 52.0 Å². The molecule has 1 aromatic carbocycles. The average Bonchev–Trinajstić information content (AvgIpc) is 2.99. The fraction of sp³-hybridized carbons (Fsp3) is 0.267. The molecule has 1 atom stereocenters. The van der Waals surface area contributed by atoms with Gasteiger partial charge in [0.1, 0.15) is 5.82 Å². The van der Waals surface area contributed by atoms with Gasteiger partial charge in [0.25, 0.3) is 0 Å². The van der Waals surface area contributed by atoms with Crippen LogP contribution in [0.1, 0.15) is 22.9 Å². The lowest BCUT2D eigenvalue weighted by Gasteiger charge is -2.26. The Labute approximate surface area is 130 Å². The maximum atomic E-state index is 13.4. The van der Waals surface area contributed by atoms with E-state index in [4.69, 9.17) is 0 Å². The minimum atomic E-state index is -0.262. The second-order valence-corrected chi connectivity index (χ2v) is 6.95. The Kier molecular flexibility index (Phi) is 4.45. The number of benzene rings is 1. The molecule has 0 aliphatic carbocycles. The molecule has 1 unspecified atom stereocenters. The summed E-state index contributed by atoms with van der Waals surface area (Å²) >= 11 is 3.31. The maximum Gasteiger partial charge on any atom is 0.315 e. The second kappa shape index (κ2) is 6.49. The third kappa shape index (κ3) is 3.57. The molecule has 0 saturated heterocycles. The number of nitrogens with one attached hydrogen (secondary N) is 2. The second-order valence-electron chi connectivity index (χ2n) is 4.78. The van der Waals surface area contributed by atoms with E-state index < -0.39 is 0 Å². The third-order valence-corrected chi connectivity index (χ3v) is 5.32. The fourth-order valence-corrected chi connectivity index (χ4v) is 4.06. The summed E-state index contributed by atoms with van der Waals surface area (Å²) in [4.78, 5) is 14.1. The lowest BCUT2D eigenvalue weighted by molar-refractivity contribution is 0.236. The summed E-state index contributed by atoms with van der Waals surface area (Å²) in [5, 5.41) is 7.76. The van der Waals surface area contributed by atoms with Crippen molar-refractivity contribution in [3.63, 3.8) is 0 Å². The smallest absolute Gasteiger partial charge is 0.315 e. The molecule has 2 heterocycles. The molecular weight excluding hydrogens is 307 g/mol. The number of thioether (sulfide) groups is 1. The lowest BCUT2D eigenvalue weighted by atomic mass is 10.0. The first-order chi connectivity index (χ1) is 10.2. The average molecular weight is 322 g/mol. The summed E-state index contributed by atoms with van der Waals surface area (Å²) in [5.41, 5.74) is 0.873. The standard InChI is InChI=1S/C15H15FN2OS2/c16-10-3-4-14-12(8-10)13(5-7-21-14)18-15(19)17-9-11-2-1-6-20-11/h1-4,6,8,13H,5,7,9H2,(H2,17,18,19). The van der Waals surface area contributed by atoms with Gasteiger partial charge in [-0.05, 0) is 41.6 Å². The summed E-state index contributed by atoms with van der Waals surface area (Å²) in [6.45, 7) is 0.515. The number of rotatable bonds is 3. The van der Waals surface area contributed by atoms with Gasteiger partial charge >= 0.3 is 6.03 Å². The van der Waals surface area contributed by atoms with Crippen LogP contribution in [0.5, 0.6) is 0 Å². The molecular formula is C15H15FN2OS2. The van der Waals surface area contributed by atoms with Gasteiger partial charge in [-0.1, -0.05) is 6.07 Å². The molecule has 110 valence electrons. The SMILES string of the molecule is O=C(NCc1cccs1)NC1CCSc2ccc(F)cc21. The van der Waals surface area contributed by atoms with E-state index in [1.807, 2.05) is 17.5 Å². The zero-order chi connectivity index (χ0) is 14.7. The van der Waals surface area contributed by atoms with Crippen molar-refractivity contribution >= 4 is 29.1 Å². The quantitative estimate of drug-likeness (QED) is 0.899. The number of carbonyl (C=O) groups is 1. The number of hydrogen-bond acceptors (Lipinski definition) is 3. The first-order valence-corrected chi connectivity index (χ1v) is 8.58. The van der Waals surface area contributed by atoms with Gasteiger partial charge in [-0.25, -0.2) is 9.18 Å². The zero-order valence-electron chi connectivity index (χ0n) is 11.3. The molecule has 0 radical (unpaired) electrons. The summed E-state index contributed by atoms with van der Waals surface area (Å²) < 4.78 is 13.4. The highest BCUT2D eigenvalue weighted by Gasteiger charge is 2.22. The van der Waals surface area contributed by atoms with Crippen LogP contribution in [-0.4, -0.2) is 11.8 Å². The van der Waals surface area contributed by atoms with Crippen LogP contribution in [0.15, 0.2) is 40.6 Å².